The zero-order valence-electron chi connectivity index (χ0n) is 17.2. The molecule has 0 bridgehead atoms. The largest absolute Gasteiger partial charge is 0.322 e. The van der Waals surface area contributed by atoms with Gasteiger partial charge in [-0.3, -0.25) is 4.79 Å². The molecule has 2 unspecified atom stereocenters. The third-order valence-electron chi connectivity index (χ3n) is 5.94. The number of halogens is 3. The maximum atomic E-state index is 13.0. The molecule has 1 aliphatic carbocycles. The van der Waals surface area contributed by atoms with Crippen LogP contribution < -0.4 is 5.32 Å². The summed E-state index contributed by atoms with van der Waals surface area (Å²) in [5, 5.41) is 3.80. The summed E-state index contributed by atoms with van der Waals surface area (Å²) in [5.74, 6) is 0.295. The van der Waals surface area contributed by atoms with Crippen molar-refractivity contribution in [2.45, 2.75) is 25.2 Å². The number of anilines is 1. The zero-order chi connectivity index (χ0) is 21.8. The highest BCUT2D eigenvalue weighted by Crippen LogP contribution is 2.35. The molecular weight excluding hydrogens is 451 g/mol. The molecule has 0 saturated carbocycles. The number of hydrogen-bond donors (Lipinski definition) is 1. The van der Waals surface area contributed by atoms with E-state index in [2.05, 4.69) is 46.6 Å². The smallest absolute Gasteiger partial charge is 0.255 e. The average molecular weight is 476 g/mol. The van der Waals surface area contributed by atoms with Gasteiger partial charge < -0.3 is 10.2 Å². The van der Waals surface area contributed by atoms with E-state index in [0.717, 1.165) is 19.6 Å². The Morgan fingerprint density at radius 1 is 1.00 bits per heavy atom. The van der Waals surface area contributed by atoms with E-state index >= 15 is 0 Å². The van der Waals surface area contributed by atoms with Crippen molar-refractivity contribution in [3.8, 4) is 0 Å². The summed E-state index contributed by atoms with van der Waals surface area (Å²) >= 11 is 18.2. The number of rotatable bonds is 5. The molecule has 2 aromatic rings. The second-order valence-corrected chi connectivity index (χ2v) is 9.34. The summed E-state index contributed by atoms with van der Waals surface area (Å²) in [5.41, 5.74) is 2.44. The minimum atomic E-state index is -0.180. The number of benzene rings is 2. The van der Waals surface area contributed by atoms with Gasteiger partial charge in [0.05, 0.1) is 15.1 Å². The van der Waals surface area contributed by atoms with Gasteiger partial charge in [0.25, 0.3) is 5.91 Å². The second-order valence-electron chi connectivity index (χ2n) is 8.15. The Bertz CT molecular complexity index is 974. The van der Waals surface area contributed by atoms with Crippen LogP contribution in [0.5, 0.6) is 0 Å². The van der Waals surface area contributed by atoms with E-state index in [1.807, 2.05) is 12.1 Å². The van der Waals surface area contributed by atoms with Crippen LogP contribution in [0.1, 0.15) is 30.7 Å². The van der Waals surface area contributed by atoms with Gasteiger partial charge in [-0.25, -0.2) is 0 Å². The maximum absolute atomic E-state index is 13.0. The first-order valence-electron chi connectivity index (χ1n) is 10.6. The van der Waals surface area contributed by atoms with Crippen LogP contribution in [0.4, 0.5) is 5.69 Å². The summed E-state index contributed by atoms with van der Waals surface area (Å²) in [6, 6.07) is 13.7. The topological polar surface area (TPSA) is 32.3 Å². The molecule has 2 aliphatic rings. The fourth-order valence-electron chi connectivity index (χ4n) is 4.36. The number of hydrogen-bond acceptors (Lipinski definition) is 2. The summed E-state index contributed by atoms with van der Waals surface area (Å²) in [6.45, 7) is 3.19. The van der Waals surface area contributed by atoms with Gasteiger partial charge in [0.1, 0.15) is 0 Å². The molecule has 1 aliphatic heterocycles. The van der Waals surface area contributed by atoms with E-state index in [9.17, 15) is 4.79 Å². The molecule has 0 spiro atoms. The van der Waals surface area contributed by atoms with E-state index in [1.54, 1.807) is 12.1 Å². The lowest BCUT2D eigenvalue weighted by atomic mass is 9.80. The maximum Gasteiger partial charge on any atom is 0.255 e. The molecule has 2 atom stereocenters. The van der Waals surface area contributed by atoms with Crippen molar-refractivity contribution < 1.29 is 4.79 Å². The highest BCUT2D eigenvalue weighted by Gasteiger charge is 2.27. The Balaban J connectivity index is 1.55. The summed E-state index contributed by atoms with van der Waals surface area (Å²) in [4.78, 5) is 15.5. The Morgan fingerprint density at radius 3 is 2.35 bits per heavy atom. The van der Waals surface area contributed by atoms with Crippen molar-refractivity contribution in [2.24, 2.45) is 5.92 Å². The van der Waals surface area contributed by atoms with Gasteiger partial charge in [-0.15, -0.1) is 0 Å². The lowest BCUT2D eigenvalue weighted by molar-refractivity contribution is -0.112. The number of nitrogens with one attached hydrogen (secondary N) is 1. The molecule has 4 rings (SSSR count). The van der Waals surface area contributed by atoms with Gasteiger partial charge in [-0.1, -0.05) is 89.8 Å². The Hall–Kier alpha value is -1.78. The molecule has 31 heavy (non-hydrogen) atoms. The van der Waals surface area contributed by atoms with Crippen molar-refractivity contribution >= 4 is 46.4 Å². The van der Waals surface area contributed by atoms with Crippen LogP contribution in [0, 0.1) is 5.92 Å². The van der Waals surface area contributed by atoms with Gasteiger partial charge in [0.15, 0.2) is 0 Å². The van der Waals surface area contributed by atoms with Crippen molar-refractivity contribution in [1.29, 1.82) is 0 Å². The third kappa shape index (κ3) is 5.53. The van der Waals surface area contributed by atoms with Crippen LogP contribution in [-0.2, 0) is 4.79 Å². The second kappa shape index (κ2) is 10.2. The Labute approximate surface area is 198 Å². The zero-order valence-corrected chi connectivity index (χ0v) is 19.4. The third-order valence-corrected chi connectivity index (χ3v) is 7.14. The average Bonchev–Trinajstić information content (AvgIpc) is 2.78. The predicted octanol–water partition coefficient (Wildman–Crippen LogP) is 6.97. The number of piperidine rings is 1. The Morgan fingerprint density at radius 2 is 1.68 bits per heavy atom. The van der Waals surface area contributed by atoms with Crippen LogP contribution >= 0.6 is 34.8 Å². The van der Waals surface area contributed by atoms with E-state index < -0.39 is 0 Å². The van der Waals surface area contributed by atoms with E-state index in [0.29, 0.717) is 21.3 Å². The van der Waals surface area contributed by atoms with Gasteiger partial charge >= 0.3 is 0 Å². The molecule has 3 nitrogen and oxygen atoms in total. The fourth-order valence-corrected chi connectivity index (χ4v) is 4.96. The number of amides is 1. The first-order valence-corrected chi connectivity index (χ1v) is 11.8. The molecule has 1 amide bonds. The summed E-state index contributed by atoms with van der Waals surface area (Å²) < 4.78 is 0. The van der Waals surface area contributed by atoms with Crippen molar-refractivity contribution in [3.05, 3.63) is 86.9 Å². The first kappa shape index (κ1) is 22.4. The summed E-state index contributed by atoms with van der Waals surface area (Å²) in [7, 11) is 0. The first-order chi connectivity index (χ1) is 15.0. The molecule has 1 fully saturated rings. The van der Waals surface area contributed by atoms with Gasteiger partial charge in [0.2, 0.25) is 0 Å². The Kier molecular flexibility index (Phi) is 7.39. The monoisotopic (exact) mass is 474 g/mol. The molecule has 1 N–H and O–H groups in total. The van der Waals surface area contributed by atoms with Crippen molar-refractivity contribution in [3.63, 3.8) is 0 Å². The van der Waals surface area contributed by atoms with Crippen LogP contribution in [0.25, 0.3) is 0 Å². The standard InChI is InChI=1S/C25H25Cl3N2O/c26-22-14-20(15-23(27)24(22)28)29-25(31)18-9-10-21(17-7-3-1-4-8-17)19(13-18)16-30-11-5-2-6-12-30/h1,3-4,7-10,13-15,19,21H,2,5-6,11-12,16H2,(H,29,31). The SMILES string of the molecule is O=C(Nc1cc(Cl)c(Cl)c(Cl)c1)C1=CC(CN2CCCCC2)C(c2ccccc2)C=C1. The van der Waals surface area contributed by atoms with E-state index in [1.165, 1.54) is 24.8 Å². The molecule has 2 aromatic carbocycles. The number of nitrogens with zero attached hydrogens (tertiary/aromatic N) is 1. The van der Waals surface area contributed by atoms with Crippen LogP contribution in [0.15, 0.2) is 66.3 Å². The number of carbonyl (C=O) groups is 1. The lowest BCUT2D eigenvalue weighted by Crippen LogP contribution is -2.36. The predicted molar refractivity (Wildman–Crippen MR) is 130 cm³/mol. The molecule has 162 valence electrons. The van der Waals surface area contributed by atoms with Gasteiger partial charge in [-0.05, 0) is 43.6 Å². The van der Waals surface area contributed by atoms with Crippen molar-refractivity contribution in [2.75, 3.05) is 25.0 Å². The fraction of sp³-hybridized carbons (Fsp3) is 0.320. The van der Waals surface area contributed by atoms with E-state index in [-0.39, 0.29) is 22.8 Å². The highest BCUT2D eigenvalue weighted by molar-refractivity contribution is 6.48. The molecule has 0 aromatic heterocycles. The van der Waals surface area contributed by atoms with Crippen LogP contribution in [0.2, 0.25) is 15.1 Å². The van der Waals surface area contributed by atoms with E-state index in [4.69, 9.17) is 34.8 Å². The van der Waals surface area contributed by atoms with Gasteiger partial charge in [0, 0.05) is 29.6 Å². The minimum Gasteiger partial charge on any atom is -0.322 e. The normalized spacial score (nSPS) is 21.6. The molecular formula is C25H25Cl3N2O. The molecule has 1 saturated heterocycles. The molecule has 0 radical (unpaired) electrons. The highest BCUT2D eigenvalue weighted by atomic mass is 35.5. The number of carbonyl (C=O) groups excluding carboxylic acids is 1. The molecule has 1 heterocycles. The quantitative estimate of drug-likeness (QED) is 0.474. The van der Waals surface area contributed by atoms with Gasteiger partial charge in [-0.2, -0.15) is 0 Å². The van der Waals surface area contributed by atoms with Crippen molar-refractivity contribution in [1.82, 2.24) is 4.90 Å². The summed E-state index contributed by atoms with van der Waals surface area (Å²) in [6.07, 6.45) is 9.97. The molecule has 6 heteroatoms. The number of allylic oxidation sites excluding steroid dienone is 1. The van der Waals surface area contributed by atoms with Crippen LogP contribution in [-0.4, -0.2) is 30.4 Å². The lowest BCUT2D eigenvalue weighted by Gasteiger charge is -2.34. The minimum absolute atomic E-state index is 0.180. The van der Waals surface area contributed by atoms with Crippen LogP contribution in [0.3, 0.4) is 0 Å². The number of likely N-dealkylation sites (tertiary alicyclic amines) is 1.